The zero-order valence-electron chi connectivity index (χ0n) is 20.0. The van der Waals surface area contributed by atoms with Gasteiger partial charge >= 0.3 is 18.3 Å². The van der Waals surface area contributed by atoms with Crippen molar-refractivity contribution in [2.75, 3.05) is 30.0 Å². The van der Waals surface area contributed by atoms with Gasteiger partial charge in [0, 0.05) is 11.5 Å². The predicted octanol–water partition coefficient (Wildman–Crippen LogP) is 5.72. The summed E-state index contributed by atoms with van der Waals surface area (Å²) in [5, 5.41) is 2.39. The molecule has 196 valence electrons. The summed E-state index contributed by atoms with van der Waals surface area (Å²) in [6.07, 6.45) is -9.34. The van der Waals surface area contributed by atoms with Crippen LogP contribution >= 0.6 is 0 Å². The van der Waals surface area contributed by atoms with E-state index in [1.807, 2.05) is 0 Å². The number of amides is 1. The number of halogens is 6. The van der Waals surface area contributed by atoms with Gasteiger partial charge < -0.3 is 19.7 Å². The molecule has 0 aliphatic carbocycles. The Bertz CT molecular complexity index is 980. The van der Waals surface area contributed by atoms with Crippen molar-refractivity contribution in [3.63, 3.8) is 0 Å². The number of esters is 1. The van der Waals surface area contributed by atoms with Crippen LogP contribution in [0.15, 0.2) is 18.2 Å². The minimum atomic E-state index is -5.14. The molecule has 1 aromatic rings. The molecule has 6 nitrogen and oxygen atoms in total. The second-order valence-electron chi connectivity index (χ2n) is 8.96. The van der Waals surface area contributed by atoms with Crippen LogP contribution < -0.4 is 15.0 Å². The fourth-order valence-electron chi connectivity index (χ4n) is 3.43. The third-order valence-electron chi connectivity index (χ3n) is 5.18. The van der Waals surface area contributed by atoms with E-state index in [1.54, 1.807) is 6.92 Å². The molecule has 0 aromatic heterocycles. The summed E-state index contributed by atoms with van der Waals surface area (Å²) in [7, 11) is 0. The molecule has 1 aliphatic heterocycles. The predicted molar refractivity (Wildman–Crippen MR) is 118 cm³/mol. The molecule has 0 radical (unpaired) electrons. The maximum absolute atomic E-state index is 14.2. The maximum atomic E-state index is 14.2. The summed E-state index contributed by atoms with van der Waals surface area (Å²) in [6, 6.07) is 1.49. The molecule has 0 fully saturated rings. The first kappa shape index (κ1) is 28.3. The molecular weight excluding hydrogens is 482 g/mol. The Balaban J connectivity index is 2.84. The van der Waals surface area contributed by atoms with Crippen LogP contribution in [0.4, 0.5) is 37.7 Å². The summed E-state index contributed by atoms with van der Waals surface area (Å²) in [5.74, 6) is -2.47. The molecule has 1 atom stereocenters. The fourth-order valence-corrected chi connectivity index (χ4v) is 3.43. The largest absolute Gasteiger partial charge is 0.489 e. The van der Waals surface area contributed by atoms with Crippen LogP contribution in [-0.2, 0) is 14.3 Å². The van der Waals surface area contributed by atoms with Crippen LogP contribution in [0.5, 0.6) is 5.75 Å². The first-order chi connectivity index (χ1) is 16.0. The summed E-state index contributed by atoms with van der Waals surface area (Å²) in [5.41, 5.74) is -3.87. The second kappa shape index (κ2) is 10.4. The van der Waals surface area contributed by atoms with Gasteiger partial charge in [-0.2, -0.15) is 26.3 Å². The van der Waals surface area contributed by atoms with Gasteiger partial charge in [0.15, 0.2) is 5.75 Å². The molecule has 0 bridgehead atoms. The van der Waals surface area contributed by atoms with Gasteiger partial charge in [-0.1, -0.05) is 27.7 Å². The first-order valence-electron chi connectivity index (χ1n) is 10.9. The molecule has 35 heavy (non-hydrogen) atoms. The lowest BCUT2D eigenvalue weighted by molar-refractivity contribution is -0.137. The number of carbonyl (C=O) groups excluding carboxylic acids is 2. The van der Waals surface area contributed by atoms with E-state index in [2.05, 4.69) is 10.1 Å². The minimum absolute atomic E-state index is 0.199. The molecule has 12 heteroatoms. The number of fused-ring (bicyclic) bond motifs is 1. The number of alkyl halides is 6. The maximum Gasteiger partial charge on any atom is 0.417 e. The first-order valence-corrected chi connectivity index (χ1v) is 10.9. The van der Waals surface area contributed by atoms with E-state index < -0.39 is 59.1 Å². The van der Waals surface area contributed by atoms with Crippen molar-refractivity contribution in [3.05, 3.63) is 23.8 Å². The van der Waals surface area contributed by atoms with Crippen LogP contribution in [0.25, 0.3) is 5.57 Å². The van der Waals surface area contributed by atoms with Crippen LogP contribution in [0.2, 0.25) is 0 Å². The molecule has 1 amide bonds. The van der Waals surface area contributed by atoms with E-state index in [4.69, 9.17) is 4.74 Å². The molecule has 1 aliphatic rings. The van der Waals surface area contributed by atoms with Gasteiger partial charge in [-0.3, -0.25) is 4.79 Å². The van der Waals surface area contributed by atoms with Crippen molar-refractivity contribution in [2.45, 2.75) is 59.4 Å². The van der Waals surface area contributed by atoms with Crippen LogP contribution in [0.1, 0.15) is 46.6 Å². The van der Waals surface area contributed by atoms with Crippen molar-refractivity contribution < 1.29 is 45.4 Å². The standard InChI is InChI=1S/C23H28F6N2O4/c1-6-13-11-35-19-16(31(13)12-22(24,25)26)9-8-15(30-20(33)21(3,4)5)18(19)14(23(27,28)29)10-17(32)34-7-2/h8-10,13H,6-7,11-12H2,1-5H3,(H,30,33)/b14-10-/t13-/m1/s1. The van der Waals surface area contributed by atoms with Crippen molar-refractivity contribution in [1.29, 1.82) is 0 Å². The van der Waals surface area contributed by atoms with Gasteiger partial charge in [0.05, 0.1) is 35.2 Å². The Hall–Kier alpha value is -2.92. The highest BCUT2D eigenvalue weighted by atomic mass is 19.4. The molecular formula is C23H28F6N2O4. The minimum Gasteiger partial charge on any atom is -0.489 e. The van der Waals surface area contributed by atoms with E-state index in [9.17, 15) is 35.9 Å². The highest BCUT2D eigenvalue weighted by Gasteiger charge is 2.43. The third-order valence-corrected chi connectivity index (χ3v) is 5.18. The smallest absolute Gasteiger partial charge is 0.417 e. The molecule has 0 spiro atoms. The topological polar surface area (TPSA) is 67.9 Å². The summed E-state index contributed by atoms with van der Waals surface area (Å²) >= 11 is 0. The number of ether oxygens (including phenoxy) is 2. The molecule has 1 aromatic carbocycles. The summed E-state index contributed by atoms with van der Waals surface area (Å²) < 4.78 is 92.8. The quantitative estimate of drug-likeness (QED) is 0.301. The van der Waals surface area contributed by atoms with Gasteiger partial charge in [0.2, 0.25) is 5.91 Å². The number of anilines is 2. The number of hydrogen-bond acceptors (Lipinski definition) is 5. The summed E-state index contributed by atoms with van der Waals surface area (Å²) in [4.78, 5) is 25.5. The molecule has 0 saturated carbocycles. The van der Waals surface area contributed by atoms with Crippen molar-refractivity contribution in [2.24, 2.45) is 5.41 Å². The average Bonchev–Trinajstić information content (AvgIpc) is 2.70. The normalized spacial score (nSPS) is 16.9. The number of allylic oxidation sites excluding steroid dienone is 1. The number of nitrogens with one attached hydrogen (secondary N) is 1. The van der Waals surface area contributed by atoms with Gasteiger partial charge in [-0.15, -0.1) is 0 Å². The average molecular weight is 510 g/mol. The van der Waals surface area contributed by atoms with Gasteiger partial charge in [0.25, 0.3) is 0 Å². The third kappa shape index (κ3) is 7.04. The lowest BCUT2D eigenvalue weighted by Crippen LogP contribution is -2.47. The molecule has 1 N–H and O–H groups in total. The Morgan fingerprint density at radius 2 is 1.77 bits per heavy atom. The number of rotatable bonds is 6. The van der Waals surface area contributed by atoms with Gasteiger partial charge in [-0.05, 0) is 25.5 Å². The van der Waals surface area contributed by atoms with Crippen molar-refractivity contribution in [3.8, 4) is 5.75 Å². The van der Waals surface area contributed by atoms with E-state index in [-0.39, 0.29) is 37.1 Å². The number of hydrogen-bond donors (Lipinski definition) is 1. The molecule has 0 unspecified atom stereocenters. The van der Waals surface area contributed by atoms with Gasteiger partial charge in [0.1, 0.15) is 13.2 Å². The molecule has 0 saturated heterocycles. The van der Waals surface area contributed by atoms with E-state index in [1.165, 1.54) is 33.8 Å². The van der Waals surface area contributed by atoms with E-state index in [0.717, 1.165) is 11.0 Å². The van der Waals surface area contributed by atoms with E-state index >= 15 is 0 Å². The van der Waals surface area contributed by atoms with Crippen LogP contribution in [0.3, 0.4) is 0 Å². The Morgan fingerprint density at radius 3 is 2.26 bits per heavy atom. The Labute approximate surface area is 199 Å². The highest BCUT2D eigenvalue weighted by molar-refractivity contribution is 6.02. The number of benzene rings is 1. The van der Waals surface area contributed by atoms with Gasteiger partial charge in [-0.25, -0.2) is 4.79 Å². The lowest BCUT2D eigenvalue weighted by Gasteiger charge is -2.40. The summed E-state index contributed by atoms with van der Waals surface area (Å²) in [6.45, 7) is 5.69. The lowest BCUT2D eigenvalue weighted by atomic mass is 9.93. The fraction of sp³-hybridized carbons (Fsp3) is 0.565. The zero-order chi connectivity index (χ0) is 26.8. The number of nitrogens with zero attached hydrogens (tertiary/aromatic N) is 1. The number of carbonyl (C=O) groups is 2. The van der Waals surface area contributed by atoms with E-state index in [0.29, 0.717) is 0 Å². The SMILES string of the molecule is CCOC(=O)/C=C(/c1c(NC(=O)C(C)(C)C)ccc2c1OC[C@@H](CC)N2CC(F)(F)F)C(F)(F)F. The highest BCUT2D eigenvalue weighted by Crippen LogP contribution is 2.49. The van der Waals surface area contributed by atoms with Crippen LogP contribution in [-0.4, -0.2) is 50.0 Å². The van der Waals surface area contributed by atoms with Crippen molar-refractivity contribution in [1.82, 2.24) is 0 Å². The second-order valence-corrected chi connectivity index (χ2v) is 8.96. The van der Waals surface area contributed by atoms with Crippen LogP contribution in [0, 0.1) is 5.41 Å². The monoisotopic (exact) mass is 510 g/mol. The van der Waals surface area contributed by atoms with Crippen molar-refractivity contribution >= 4 is 28.8 Å². The Kier molecular flexibility index (Phi) is 8.39. The Morgan fingerprint density at radius 1 is 1.14 bits per heavy atom. The molecule has 2 rings (SSSR count). The zero-order valence-corrected chi connectivity index (χ0v) is 20.0. The molecule has 1 heterocycles.